The number of carbonyl (C=O) groups excluding carboxylic acids is 4. The Bertz CT molecular complexity index is 1990. The number of anilines is 1. The fourth-order valence-electron chi connectivity index (χ4n) is 7.06. The lowest BCUT2D eigenvalue weighted by Crippen LogP contribution is -2.60. The zero-order chi connectivity index (χ0) is 38.3. The highest BCUT2D eigenvalue weighted by atomic mass is 32.2. The van der Waals surface area contributed by atoms with Crippen molar-refractivity contribution in [3.8, 4) is 11.1 Å². The molecule has 2 saturated carbocycles. The molecule has 4 amide bonds. The summed E-state index contributed by atoms with van der Waals surface area (Å²) in [5.41, 5.74) is -1.20. The van der Waals surface area contributed by atoms with E-state index in [0.29, 0.717) is 42.6 Å². The Morgan fingerprint density at radius 1 is 1.11 bits per heavy atom. The van der Waals surface area contributed by atoms with Crippen molar-refractivity contribution in [2.75, 3.05) is 31.6 Å². The van der Waals surface area contributed by atoms with Gasteiger partial charge in [0.25, 0.3) is 11.5 Å². The van der Waals surface area contributed by atoms with E-state index in [9.17, 15) is 32.4 Å². The first-order valence-electron chi connectivity index (χ1n) is 17.8. The van der Waals surface area contributed by atoms with Gasteiger partial charge in [-0.3, -0.25) is 23.9 Å². The van der Waals surface area contributed by atoms with Crippen LogP contribution in [0.4, 0.5) is 10.5 Å². The lowest BCUT2D eigenvalue weighted by molar-refractivity contribution is -0.142. The molecule has 5 atom stereocenters. The molecular formula is C37H47N7O8S. The van der Waals surface area contributed by atoms with Gasteiger partial charge < -0.3 is 25.2 Å². The highest BCUT2D eigenvalue weighted by Crippen LogP contribution is 2.46. The molecule has 53 heavy (non-hydrogen) atoms. The molecule has 15 nitrogen and oxygen atoms in total. The van der Waals surface area contributed by atoms with Crippen LogP contribution in [0.2, 0.25) is 0 Å². The summed E-state index contributed by atoms with van der Waals surface area (Å²) in [6, 6.07) is 6.01. The van der Waals surface area contributed by atoms with E-state index in [-0.39, 0.29) is 26.0 Å². The number of hydrogen-bond acceptors (Lipinski definition) is 10. The maximum Gasteiger partial charge on any atom is 0.408 e. The predicted octanol–water partition coefficient (Wildman–Crippen LogP) is 2.26. The fourth-order valence-corrected chi connectivity index (χ4v) is 8.42. The predicted molar refractivity (Wildman–Crippen MR) is 197 cm³/mol. The van der Waals surface area contributed by atoms with Gasteiger partial charge in [0.2, 0.25) is 21.8 Å². The molecule has 4 heterocycles. The van der Waals surface area contributed by atoms with E-state index in [1.165, 1.54) is 15.7 Å². The number of rotatable bonds is 7. The van der Waals surface area contributed by atoms with E-state index in [1.54, 1.807) is 33.0 Å². The van der Waals surface area contributed by atoms with E-state index >= 15 is 0 Å². The molecule has 2 unspecified atom stereocenters. The van der Waals surface area contributed by atoms with Crippen molar-refractivity contribution in [3.05, 3.63) is 71.7 Å². The minimum atomic E-state index is -3.93. The van der Waals surface area contributed by atoms with E-state index in [2.05, 4.69) is 27.0 Å². The highest BCUT2D eigenvalue weighted by Gasteiger charge is 2.62. The molecule has 4 bridgehead atoms. The van der Waals surface area contributed by atoms with Crippen LogP contribution in [0, 0.1) is 11.3 Å². The smallest absolute Gasteiger partial charge is 0.408 e. The quantitative estimate of drug-likeness (QED) is 0.355. The van der Waals surface area contributed by atoms with Crippen LogP contribution in [0.3, 0.4) is 0 Å². The summed E-state index contributed by atoms with van der Waals surface area (Å²) in [6.45, 7) is 9.40. The molecule has 7 rings (SSSR count). The van der Waals surface area contributed by atoms with Gasteiger partial charge in [0.1, 0.15) is 24.2 Å². The number of sulfonamides is 1. The van der Waals surface area contributed by atoms with Crippen molar-refractivity contribution < 1.29 is 32.3 Å². The molecule has 284 valence electrons. The van der Waals surface area contributed by atoms with Crippen LogP contribution in [0.5, 0.6) is 0 Å². The Morgan fingerprint density at radius 3 is 2.47 bits per heavy atom. The number of hydrogen-bond donors (Lipinski definition) is 3. The molecule has 3 N–H and O–H groups in total. The number of nitrogens with zero attached hydrogens (tertiary/aromatic N) is 4. The number of benzene rings is 1. The summed E-state index contributed by atoms with van der Waals surface area (Å²) in [5.74, 6) is -2.75. The number of alkyl carbamates (subject to hydrolysis) is 1. The van der Waals surface area contributed by atoms with Gasteiger partial charge in [-0.1, -0.05) is 69.3 Å². The molecule has 0 radical (unpaired) electrons. The van der Waals surface area contributed by atoms with Crippen LogP contribution < -0.4 is 25.8 Å². The van der Waals surface area contributed by atoms with Crippen molar-refractivity contribution in [1.82, 2.24) is 30.0 Å². The largest absolute Gasteiger partial charge is 0.445 e. The van der Waals surface area contributed by atoms with Crippen LogP contribution in [0.1, 0.15) is 58.9 Å². The average molecular weight is 750 g/mol. The molecule has 2 aliphatic carbocycles. The molecule has 1 saturated heterocycles. The summed E-state index contributed by atoms with van der Waals surface area (Å²) in [4.78, 5) is 73.1. The Hall–Kier alpha value is -4.99. The second kappa shape index (κ2) is 14.4. The molecule has 0 spiro atoms. The summed E-state index contributed by atoms with van der Waals surface area (Å²) in [7, 11) is -2.08. The second-order valence-electron chi connectivity index (χ2n) is 15.3. The molecule has 5 aliphatic rings. The van der Waals surface area contributed by atoms with E-state index in [1.807, 2.05) is 48.4 Å². The first kappa shape index (κ1) is 37.8. The van der Waals surface area contributed by atoms with Gasteiger partial charge >= 0.3 is 6.09 Å². The maximum absolute atomic E-state index is 14.6. The molecule has 1 aromatic heterocycles. The minimum Gasteiger partial charge on any atom is -0.445 e. The highest BCUT2D eigenvalue weighted by molar-refractivity contribution is 7.91. The fraction of sp³-hybridized carbons (Fsp3) is 0.514. The van der Waals surface area contributed by atoms with Gasteiger partial charge in [0.05, 0.1) is 28.7 Å². The van der Waals surface area contributed by atoms with E-state index in [4.69, 9.17) is 4.74 Å². The van der Waals surface area contributed by atoms with Crippen molar-refractivity contribution in [2.45, 2.75) is 81.8 Å². The van der Waals surface area contributed by atoms with Gasteiger partial charge in [-0.2, -0.15) is 5.10 Å². The Kier molecular flexibility index (Phi) is 10.3. The van der Waals surface area contributed by atoms with E-state index < -0.39 is 79.6 Å². The summed E-state index contributed by atoms with van der Waals surface area (Å²) in [5, 5.41) is 9.37. The topological polar surface area (TPSA) is 189 Å². The molecule has 3 aliphatic heterocycles. The van der Waals surface area contributed by atoms with Crippen molar-refractivity contribution in [3.63, 3.8) is 0 Å². The number of fused-ring (bicyclic) bond motifs is 11. The SMILES string of the molecule is C=CC1CC1(NC(=O)[C@@H]1C[C@@H]2CN1C(=O)[C@H](C(C)(C)C)NC(=O)OC/C=C/CCN(C)c1cnn2c(=O)c1-c1ccccc1)C(=O)NS(=O)(=O)C1CC1. The standard InChI is InChI=1S/C37H47N7O8S/c1-6-24-20-37(24,34(48)41-53(50,51)26-15-16-26)40-31(45)27-19-25-22-43(27)33(47)30(36(2,3)4)39-35(49)52-18-12-8-11-17-42(5)28-21-38-44(25)32(46)29(28)23-13-9-7-10-14-23/h6-10,12-14,21,24-27,30H,1,11,15-20,22H2,2-5H3,(H,39,49)(H,40,45)(H,41,48)/b12-8+/t24?,25-,27+,30-,37?/m1/s1. The van der Waals surface area contributed by atoms with Gasteiger partial charge in [-0.15, -0.1) is 6.58 Å². The summed E-state index contributed by atoms with van der Waals surface area (Å²) in [6.07, 6.45) is 7.33. The Balaban J connectivity index is 1.41. The lowest BCUT2D eigenvalue weighted by atomic mass is 9.85. The zero-order valence-electron chi connectivity index (χ0n) is 30.4. The number of aromatic nitrogens is 2. The van der Waals surface area contributed by atoms with Crippen LogP contribution in [-0.2, 0) is 29.1 Å². The maximum atomic E-state index is 14.6. The lowest BCUT2D eigenvalue weighted by Gasteiger charge is -2.35. The first-order valence-corrected chi connectivity index (χ1v) is 19.4. The van der Waals surface area contributed by atoms with Gasteiger partial charge in [-0.25, -0.2) is 17.9 Å². The number of amides is 4. The monoisotopic (exact) mass is 749 g/mol. The third-order valence-electron chi connectivity index (χ3n) is 10.4. The molecule has 3 fully saturated rings. The van der Waals surface area contributed by atoms with Crippen molar-refractivity contribution in [1.29, 1.82) is 0 Å². The third-order valence-corrected chi connectivity index (χ3v) is 12.2. The normalized spacial score (nSPS) is 27.2. The summed E-state index contributed by atoms with van der Waals surface area (Å²) >= 11 is 0. The Morgan fingerprint density at radius 2 is 1.83 bits per heavy atom. The van der Waals surface area contributed by atoms with E-state index in [0.717, 1.165) is 0 Å². The second-order valence-corrected chi connectivity index (χ2v) is 17.3. The molecule has 2 aromatic rings. The zero-order valence-corrected chi connectivity index (χ0v) is 31.2. The van der Waals surface area contributed by atoms with Crippen LogP contribution in [-0.4, -0.2) is 96.5 Å². The van der Waals surface area contributed by atoms with Crippen LogP contribution in [0.15, 0.2) is 66.1 Å². The number of ether oxygens (including phenoxy) is 1. The minimum absolute atomic E-state index is 0.0463. The third kappa shape index (κ3) is 7.73. The first-order chi connectivity index (χ1) is 25.1. The number of carbonyl (C=O) groups is 4. The summed E-state index contributed by atoms with van der Waals surface area (Å²) < 4.78 is 34.2. The molecular weight excluding hydrogens is 703 g/mol. The van der Waals surface area contributed by atoms with Crippen LogP contribution >= 0.6 is 0 Å². The van der Waals surface area contributed by atoms with Gasteiger partial charge in [0.15, 0.2) is 0 Å². The average Bonchev–Trinajstić information content (AvgIpc) is 4.04. The van der Waals surface area contributed by atoms with Crippen molar-refractivity contribution in [2.24, 2.45) is 11.3 Å². The van der Waals surface area contributed by atoms with Gasteiger partial charge in [0, 0.05) is 32.5 Å². The Labute approximate surface area is 308 Å². The van der Waals surface area contributed by atoms with Gasteiger partial charge in [-0.05, 0) is 36.7 Å². The molecule has 16 heteroatoms. The van der Waals surface area contributed by atoms with Crippen molar-refractivity contribution >= 4 is 39.5 Å². The van der Waals surface area contributed by atoms with Crippen LogP contribution in [0.25, 0.3) is 11.1 Å². The number of nitrogens with one attached hydrogen (secondary N) is 3. The molecule has 1 aromatic carbocycles.